The van der Waals surface area contributed by atoms with Gasteiger partial charge in [-0.3, -0.25) is 9.59 Å². The first-order chi connectivity index (χ1) is 15.9. The van der Waals surface area contributed by atoms with E-state index in [0.717, 1.165) is 5.56 Å². The molecule has 0 aliphatic carbocycles. The minimum absolute atomic E-state index is 0.428. The smallest absolute Gasteiger partial charge is 0.329 e. The average Bonchev–Trinajstić information content (AvgIpc) is 2.82. The standard InChI is InChI=1S/C24H26N2O7/c1-15(25-22(27)11-6-17-4-8-19(30-3)9-5-17)24(29)33-16(2)23(28)26-18-7-10-20-21(14-18)32-13-12-31-20/h4-11,14-16H,12-13H2,1-3H3,(H,25,27)(H,26,28). The van der Waals surface area contributed by atoms with Gasteiger partial charge in [-0.05, 0) is 49.8 Å². The van der Waals surface area contributed by atoms with Crippen LogP contribution in [-0.2, 0) is 19.1 Å². The van der Waals surface area contributed by atoms with Crippen LogP contribution < -0.4 is 24.8 Å². The lowest BCUT2D eigenvalue weighted by Crippen LogP contribution is -2.41. The molecule has 33 heavy (non-hydrogen) atoms. The van der Waals surface area contributed by atoms with E-state index in [4.69, 9.17) is 18.9 Å². The summed E-state index contributed by atoms with van der Waals surface area (Å²) in [7, 11) is 1.57. The van der Waals surface area contributed by atoms with E-state index in [1.807, 2.05) is 0 Å². The summed E-state index contributed by atoms with van der Waals surface area (Å²) in [6.45, 7) is 3.82. The van der Waals surface area contributed by atoms with Crippen molar-refractivity contribution in [3.8, 4) is 17.2 Å². The highest BCUT2D eigenvalue weighted by molar-refractivity contribution is 5.97. The summed E-state index contributed by atoms with van der Waals surface area (Å²) < 4.78 is 21.2. The third-order valence-corrected chi connectivity index (χ3v) is 4.73. The number of esters is 1. The monoisotopic (exact) mass is 454 g/mol. The number of rotatable bonds is 8. The van der Waals surface area contributed by atoms with E-state index >= 15 is 0 Å². The number of hydrogen-bond donors (Lipinski definition) is 2. The molecule has 0 radical (unpaired) electrons. The van der Waals surface area contributed by atoms with Gasteiger partial charge in [0.15, 0.2) is 17.6 Å². The average molecular weight is 454 g/mol. The molecule has 0 aromatic heterocycles. The predicted molar refractivity (Wildman–Crippen MR) is 121 cm³/mol. The quantitative estimate of drug-likeness (QED) is 0.466. The Morgan fingerprint density at radius 2 is 1.70 bits per heavy atom. The fourth-order valence-corrected chi connectivity index (χ4v) is 2.90. The molecule has 174 valence electrons. The summed E-state index contributed by atoms with van der Waals surface area (Å²) in [5.41, 5.74) is 1.28. The third kappa shape index (κ3) is 6.73. The van der Waals surface area contributed by atoms with E-state index in [2.05, 4.69) is 10.6 Å². The minimum Gasteiger partial charge on any atom is -0.497 e. The molecule has 9 heteroatoms. The summed E-state index contributed by atoms with van der Waals surface area (Å²) in [6, 6.07) is 11.2. The number of hydrogen-bond acceptors (Lipinski definition) is 7. The topological polar surface area (TPSA) is 112 Å². The summed E-state index contributed by atoms with van der Waals surface area (Å²) in [5, 5.41) is 5.18. The predicted octanol–water partition coefficient (Wildman–Crippen LogP) is 2.55. The Bertz CT molecular complexity index is 1030. The van der Waals surface area contributed by atoms with Crippen LogP contribution in [0.4, 0.5) is 5.69 Å². The second-order valence-corrected chi connectivity index (χ2v) is 7.26. The van der Waals surface area contributed by atoms with E-state index < -0.39 is 29.9 Å². The molecule has 3 rings (SSSR count). The van der Waals surface area contributed by atoms with Crippen LogP contribution in [0.5, 0.6) is 17.2 Å². The highest BCUT2D eigenvalue weighted by Gasteiger charge is 2.23. The Hall–Kier alpha value is -4.01. The fourth-order valence-electron chi connectivity index (χ4n) is 2.90. The zero-order valence-electron chi connectivity index (χ0n) is 18.6. The Balaban J connectivity index is 1.47. The molecule has 0 saturated heterocycles. The molecule has 1 heterocycles. The molecule has 0 spiro atoms. The van der Waals surface area contributed by atoms with E-state index in [1.165, 1.54) is 19.9 Å². The second-order valence-electron chi connectivity index (χ2n) is 7.26. The van der Waals surface area contributed by atoms with E-state index in [1.54, 1.807) is 55.7 Å². The van der Waals surface area contributed by atoms with Crippen molar-refractivity contribution in [2.45, 2.75) is 26.0 Å². The molecule has 0 saturated carbocycles. The third-order valence-electron chi connectivity index (χ3n) is 4.73. The molecule has 0 bridgehead atoms. The fraction of sp³-hybridized carbons (Fsp3) is 0.292. The molecule has 2 N–H and O–H groups in total. The molecular weight excluding hydrogens is 428 g/mol. The summed E-state index contributed by atoms with van der Waals surface area (Å²) >= 11 is 0. The van der Waals surface area contributed by atoms with Gasteiger partial charge in [0.2, 0.25) is 5.91 Å². The molecule has 2 unspecified atom stereocenters. The van der Waals surface area contributed by atoms with Crippen LogP contribution in [0.25, 0.3) is 6.08 Å². The first-order valence-corrected chi connectivity index (χ1v) is 10.4. The number of amides is 2. The summed E-state index contributed by atoms with van der Waals surface area (Å²) in [4.78, 5) is 36.8. The maximum atomic E-state index is 12.4. The number of ether oxygens (including phenoxy) is 4. The van der Waals surface area contributed by atoms with Crippen molar-refractivity contribution in [1.29, 1.82) is 0 Å². The number of methoxy groups -OCH3 is 1. The van der Waals surface area contributed by atoms with Gasteiger partial charge < -0.3 is 29.6 Å². The molecule has 9 nitrogen and oxygen atoms in total. The van der Waals surface area contributed by atoms with Crippen LogP contribution in [-0.4, -0.2) is 50.3 Å². The lowest BCUT2D eigenvalue weighted by Gasteiger charge is -2.20. The molecule has 1 aliphatic rings. The zero-order valence-corrected chi connectivity index (χ0v) is 18.6. The molecular formula is C24H26N2O7. The van der Waals surface area contributed by atoms with E-state index in [0.29, 0.717) is 36.1 Å². The van der Waals surface area contributed by atoms with Gasteiger partial charge in [0.1, 0.15) is 25.0 Å². The van der Waals surface area contributed by atoms with Gasteiger partial charge in [-0.15, -0.1) is 0 Å². The Kier molecular flexibility index (Phi) is 7.91. The zero-order chi connectivity index (χ0) is 23.8. The van der Waals surface area contributed by atoms with E-state index in [9.17, 15) is 14.4 Å². The van der Waals surface area contributed by atoms with Gasteiger partial charge in [0, 0.05) is 17.8 Å². The maximum absolute atomic E-state index is 12.4. The number of carbonyl (C=O) groups is 3. The first-order valence-electron chi connectivity index (χ1n) is 10.4. The number of nitrogens with one attached hydrogen (secondary N) is 2. The van der Waals surface area contributed by atoms with Crippen molar-refractivity contribution in [3.63, 3.8) is 0 Å². The molecule has 0 fully saturated rings. The van der Waals surface area contributed by atoms with Crippen LogP contribution in [0.15, 0.2) is 48.5 Å². The Labute approximate surface area is 191 Å². The summed E-state index contributed by atoms with van der Waals surface area (Å²) in [5.74, 6) is 0.125. The Morgan fingerprint density at radius 1 is 1.00 bits per heavy atom. The maximum Gasteiger partial charge on any atom is 0.329 e. The second kappa shape index (κ2) is 11.0. The molecule has 2 atom stereocenters. The van der Waals surface area contributed by atoms with Crippen LogP contribution in [0, 0.1) is 0 Å². The molecule has 2 amide bonds. The van der Waals surface area contributed by atoms with Crippen molar-refractivity contribution in [2.24, 2.45) is 0 Å². The van der Waals surface area contributed by atoms with Gasteiger partial charge in [0.25, 0.3) is 5.91 Å². The lowest BCUT2D eigenvalue weighted by molar-refractivity contribution is -0.155. The summed E-state index contributed by atoms with van der Waals surface area (Å²) in [6.07, 6.45) is 1.85. The van der Waals surface area contributed by atoms with Crippen molar-refractivity contribution in [1.82, 2.24) is 5.32 Å². The first kappa shape index (κ1) is 23.6. The van der Waals surface area contributed by atoms with Crippen LogP contribution in [0.3, 0.4) is 0 Å². The molecule has 2 aromatic carbocycles. The van der Waals surface area contributed by atoms with Crippen LogP contribution in [0.1, 0.15) is 19.4 Å². The highest BCUT2D eigenvalue weighted by atomic mass is 16.6. The number of anilines is 1. The normalized spacial score (nSPS) is 14.2. The molecule has 1 aliphatic heterocycles. The van der Waals surface area contributed by atoms with Crippen LogP contribution >= 0.6 is 0 Å². The SMILES string of the molecule is COc1ccc(C=CC(=O)NC(C)C(=O)OC(C)C(=O)Nc2ccc3c(c2)OCCO3)cc1. The van der Waals surface area contributed by atoms with Gasteiger partial charge in [-0.2, -0.15) is 0 Å². The van der Waals surface area contributed by atoms with Crippen molar-refractivity contribution in [3.05, 3.63) is 54.1 Å². The lowest BCUT2D eigenvalue weighted by atomic mass is 10.2. The largest absolute Gasteiger partial charge is 0.497 e. The highest BCUT2D eigenvalue weighted by Crippen LogP contribution is 2.32. The van der Waals surface area contributed by atoms with Gasteiger partial charge >= 0.3 is 5.97 Å². The van der Waals surface area contributed by atoms with Crippen molar-refractivity contribution < 1.29 is 33.3 Å². The minimum atomic E-state index is -1.07. The number of benzene rings is 2. The number of fused-ring (bicyclic) bond motifs is 1. The van der Waals surface area contributed by atoms with Gasteiger partial charge in [-0.1, -0.05) is 12.1 Å². The van der Waals surface area contributed by atoms with Gasteiger partial charge in [0.05, 0.1) is 7.11 Å². The van der Waals surface area contributed by atoms with Crippen molar-refractivity contribution >= 4 is 29.5 Å². The Morgan fingerprint density at radius 3 is 2.39 bits per heavy atom. The van der Waals surface area contributed by atoms with E-state index in [-0.39, 0.29) is 0 Å². The molecule has 2 aromatic rings. The van der Waals surface area contributed by atoms with Crippen molar-refractivity contribution in [2.75, 3.05) is 25.6 Å². The number of carbonyl (C=O) groups excluding carboxylic acids is 3. The van der Waals surface area contributed by atoms with Gasteiger partial charge in [-0.25, -0.2) is 4.79 Å². The van der Waals surface area contributed by atoms with Crippen LogP contribution in [0.2, 0.25) is 0 Å².